The molecule has 0 aromatic heterocycles. The van der Waals surface area contributed by atoms with E-state index in [0.717, 1.165) is 0 Å². The van der Waals surface area contributed by atoms with Gasteiger partial charge in [-0.05, 0) is 0 Å². The van der Waals surface area contributed by atoms with Crippen LogP contribution < -0.4 is 0 Å². The first-order valence-electron chi connectivity index (χ1n) is 8.80. The average molecular weight is 506 g/mol. The quantitative estimate of drug-likeness (QED) is 0.237. The number of allylic oxidation sites excluding steroid dienone is 4. The fraction of sp³-hybridized carbons (Fsp3) is 0.192. The zero-order valence-electron chi connectivity index (χ0n) is 17.9. The van der Waals surface area contributed by atoms with E-state index in [2.05, 4.69) is 113 Å². The van der Waals surface area contributed by atoms with Crippen molar-refractivity contribution in [3.63, 3.8) is 0 Å². The fourth-order valence-corrected chi connectivity index (χ4v) is 3.18. The molecular weight excluding hydrogens is 476 g/mol. The fourth-order valence-electron chi connectivity index (χ4n) is 3.18. The Morgan fingerprint density at radius 1 is 0.893 bits per heavy atom. The van der Waals surface area contributed by atoms with Crippen molar-refractivity contribution in [3.05, 3.63) is 104 Å². The Balaban J connectivity index is 0.000000491. The molecule has 2 heteroatoms. The first-order chi connectivity index (χ1) is 12.6. The van der Waals surface area contributed by atoms with Crippen molar-refractivity contribution in [2.24, 2.45) is 5.92 Å². The summed E-state index contributed by atoms with van der Waals surface area (Å²) >= 11 is 3.64. The maximum Gasteiger partial charge on any atom is -0.0623 e. The van der Waals surface area contributed by atoms with Gasteiger partial charge >= 0.3 is 33.7 Å². The predicted molar refractivity (Wildman–Crippen MR) is 124 cm³/mol. The molecule has 1 aliphatic rings. The first kappa shape index (κ1) is 27.0. The van der Waals surface area contributed by atoms with Gasteiger partial charge in [0.15, 0.2) is 0 Å². The van der Waals surface area contributed by atoms with Crippen LogP contribution in [0.5, 0.6) is 0 Å². The zero-order valence-corrected chi connectivity index (χ0v) is 22.5. The van der Waals surface area contributed by atoms with Gasteiger partial charge in [0.2, 0.25) is 0 Å². The van der Waals surface area contributed by atoms with Gasteiger partial charge in [0.25, 0.3) is 0 Å². The molecule has 28 heavy (non-hydrogen) atoms. The van der Waals surface area contributed by atoms with Crippen molar-refractivity contribution in [1.29, 1.82) is 0 Å². The van der Waals surface area contributed by atoms with Crippen LogP contribution in [0.1, 0.15) is 27.7 Å². The number of fused-ring (bicyclic) bond motifs is 1. The molecule has 0 N–H and O–H groups in total. The maximum absolute atomic E-state index is 3.36. The molecule has 0 nitrogen and oxygen atoms in total. The second-order valence-corrected chi connectivity index (χ2v) is 6.50. The number of benzene rings is 2. The van der Waals surface area contributed by atoms with E-state index in [1.807, 2.05) is 0 Å². The summed E-state index contributed by atoms with van der Waals surface area (Å²) in [7, 11) is 0. The summed E-state index contributed by atoms with van der Waals surface area (Å²) in [5, 5.41) is 2.65. The smallest absolute Gasteiger partial charge is 0.0623 e. The van der Waals surface area contributed by atoms with E-state index in [1.165, 1.54) is 38.6 Å². The Morgan fingerprint density at radius 3 is 1.96 bits per heavy atom. The standard InChI is InChI=1S/C15H11.C9H13.2CH3.Ge.Zr/c1-2-6-12(7-3-1)15-11-10-13-8-4-5-9-14(13)15;1-6-5-7(2)9(4)8(6)3;;;;/h1-11H;6H,1-4H3;2*1H3;;/q4*-1;;. The number of hydrogen-bond acceptors (Lipinski definition) is 0. The van der Waals surface area contributed by atoms with E-state index < -0.39 is 0 Å². The SMILES string of the molecule is CC1=[C-]C(C)C(C)=C1C.[CH3-].[CH3-].[Ge]=[Zr].c1ccc(-c2c[cH-]c3ccccc23)cc1. The molecule has 3 aromatic carbocycles. The molecule has 0 bridgehead atoms. The van der Waals surface area contributed by atoms with Gasteiger partial charge in [-0.2, -0.15) is 11.1 Å². The zero-order chi connectivity index (χ0) is 19.1. The van der Waals surface area contributed by atoms with E-state index in [4.69, 9.17) is 0 Å². The van der Waals surface area contributed by atoms with Crippen LogP contribution in [0.3, 0.4) is 0 Å². The molecule has 0 spiro atoms. The molecule has 0 aliphatic heterocycles. The molecule has 0 amide bonds. The minimum absolute atomic E-state index is 0. The van der Waals surface area contributed by atoms with Crippen LogP contribution in [0.25, 0.3) is 21.9 Å². The third kappa shape index (κ3) is 6.50. The third-order valence-electron chi connectivity index (χ3n) is 5.00. The summed E-state index contributed by atoms with van der Waals surface area (Å²) in [5.41, 5.74) is 6.86. The Hall–Kier alpha value is -1.04. The Morgan fingerprint density at radius 2 is 1.46 bits per heavy atom. The second-order valence-electron chi connectivity index (χ2n) is 6.50. The van der Waals surface area contributed by atoms with E-state index >= 15 is 0 Å². The molecule has 3 aromatic rings. The Bertz CT molecular complexity index is 916. The Labute approximate surface area is 192 Å². The average Bonchev–Trinajstić information content (AvgIpc) is 3.22. The molecular formula is C26H30GeZr-4. The largest absolute Gasteiger partial charge is 0.150 e. The molecule has 1 unspecified atom stereocenters. The van der Waals surface area contributed by atoms with Crippen molar-refractivity contribution in [1.82, 2.24) is 0 Å². The summed E-state index contributed by atoms with van der Waals surface area (Å²) in [6.45, 7) is 8.67. The van der Waals surface area contributed by atoms with Gasteiger partial charge in [0.05, 0.1) is 0 Å². The van der Waals surface area contributed by atoms with E-state index in [-0.39, 0.29) is 14.9 Å². The predicted octanol–water partition coefficient (Wildman–Crippen LogP) is 7.46. The van der Waals surface area contributed by atoms with Crippen molar-refractivity contribution in [2.75, 3.05) is 0 Å². The van der Waals surface area contributed by atoms with Crippen molar-refractivity contribution in [2.45, 2.75) is 27.7 Å². The second kappa shape index (κ2) is 13.2. The monoisotopic (exact) mass is 506 g/mol. The van der Waals surface area contributed by atoms with Gasteiger partial charge in [-0.1, -0.05) is 68.7 Å². The maximum atomic E-state index is 3.36. The molecule has 1 atom stereocenters. The van der Waals surface area contributed by atoms with E-state index in [0.29, 0.717) is 5.92 Å². The summed E-state index contributed by atoms with van der Waals surface area (Å²) in [4.78, 5) is 0. The molecule has 146 valence electrons. The molecule has 0 saturated carbocycles. The van der Waals surface area contributed by atoms with Gasteiger partial charge in [-0.3, -0.25) is 6.08 Å². The number of rotatable bonds is 1. The van der Waals surface area contributed by atoms with Crippen LogP contribution in [-0.4, -0.2) is 12.1 Å². The van der Waals surface area contributed by atoms with Crippen LogP contribution in [0.15, 0.2) is 83.4 Å². The minimum Gasteiger partial charge on any atom is -0.150 e. The summed E-state index contributed by atoms with van der Waals surface area (Å²) in [5.74, 6) is 0.560. The molecule has 1 aliphatic carbocycles. The van der Waals surface area contributed by atoms with Gasteiger partial charge < -0.3 is 14.9 Å². The Kier molecular flexibility index (Phi) is 12.7. The van der Waals surface area contributed by atoms with E-state index in [9.17, 15) is 0 Å². The molecule has 0 saturated heterocycles. The summed E-state index contributed by atoms with van der Waals surface area (Å²) in [6.07, 6.45) is 3.36. The van der Waals surface area contributed by atoms with E-state index in [1.54, 1.807) is 21.6 Å². The normalized spacial score (nSPS) is 14.5. The van der Waals surface area contributed by atoms with Crippen LogP contribution in [-0.2, 0) is 21.6 Å². The number of hydrogen-bond donors (Lipinski definition) is 0. The molecule has 0 fully saturated rings. The van der Waals surface area contributed by atoms with Gasteiger partial charge in [-0.15, -0.1) is 53.6 Å². The summed E-state index contributed by atoms with van der Waals surface area (Å²) < 4.78 is 0. The van der Waals surface area contributed by atoms with Gasteiger partial charge in [0, 0.05) is 0 Å². The molecule has 0 heterocycles. The summed E-state index contributed by atoms with van der Waals surface area (Å²) in [6, 6.07) is 23.4. The minimum atomic E-state index is 0. The van der Waals surface area contributed by atoms with Crippen molar-refractivity contribution < 1.29 is 21.6 Å². The van der Waals surface area contributed by atoms with Crippen LogP contribution in [0, 0.1) is 26.8 Å². The van der Waals surface area contributed by atoms with Crippen LogP contribution in [0.4, 0.5) is 0 Å². The molecule has 2 radical (unpaired) electrons. The van der Waals surface area contributed by atoms with Crippen molar-refractivity contribution in [3.8, 4) is 11.1 Å². The van der Waals surface area contributed by atoms with Gasteiger partial charge in [0.1, 0.15) is 0 Å². The topological polar surface area (TPSA) is 0 Å². The molecule has 4 rings (SSSR count). The third-order valence-corrected chi connectivity index (χ3v) is 5.00. The van der Waals surface area contributed by atoms with Crippen LogP contribution >= 0.6 is 0 Å². The van der Waals surface area contributed by atoms with Gasteiger partial charge in [-0.25, -0.2) is 5.57 Å². The van der Waals surface area contributed by atoms with Crippen molar-refractivity contribution >= 4 is 22.9 Å². The first-order valence-corrected chi connectivity index (χ1v) is 16.2. The van der Waals surface area contributed by atoms with Crippen LogP contribution in [0.2, 0.25) is 0 Å².